The number of methoxy groups -OCH3 is 1. The van der Waals surface area contributed by atoms with Crippen molar-refractivity contribution in [1.82, 2.24) is 0 Å². The van der Waals surface area contributed by atoms with Gasteiger partial charge in [0.25, 0.3) is 0 Å². The van der Waals surface area contributed by atoms with E-state index in [1.165, 1.54) is 7.11 Å². The van der Waals surface area contributed by atoms with Gasteiger partial charge in [0.05, 0.1) is 0 Å². The Labute approximate surface area is 123 Å². The van der Waals surface area contributed by atoms with Crippen LogP contribution < -0.4 is 4.74 Å². The molecule has 2 aromatic carbocycles. The van der Waals surface area contributed by atoms with Crippen LogP contribution in [0.4, 0.5) is 0 Å². The molecule has 0 saturated carbocycles. The van der Waals surface area contributed by atoms with Crippen LogP contribution in [0, 0.1) is 6.92 Å². The molecule has 4 heteroatoms. The molecule has 108 valence electrons. The lowest BCUT2D eigenvalue weighted by Crippen LogP contribution is -2.15. The lowest BCUT2D eigenvalue weighted by atomic mass is 10.0. The second kappa shape index (κ2) is 6.81. The number of benzene rings is 2. The molecule has 0 aliphatic carbocycles. The molecule has 2 rings (SSSR count). The Morgan fingerprint density at radius 1 is 1.00 bits per heavy atom. The van der Waals surface area contributed by atoms with Gasteiger partial charge < -0.3 is 9.47 Å². The number of ketones is 1. The molecule has 0 N–H and O–H groups in total. The Hall–Kier alpha value is -2.46. The number of carbonyl (C=O) groups is 2. The summed E-state index contributed by atoms with van der Waals surface area (Å²) in [6.07, 6.45) is 0. The van der Waals surface area contributed by atoms with Crippen molar-refractivity contribution in [3.63, 3.8) is 0 Å². The molecule has 0 aliphatic rings. The van der Waals surface area contributed by atoms with Gasteiger partial charge in [-0.2, -0.15) is 0 Å². The average molecular weight is 284 g/mol. The predicted octanol–water partition coefficient (Wildman–Crippen LogP) is 2.78. The van der Waals surface area contributed by atoms with Gasteiger partial charge in [-0.1, -0.05) is 30.3 Å². The van der Waals surface area contributed by atoms with E-state index in [0.717, 1.165) is 5.56 Å². The number of ether oxygens (including phenoxy) is 2. The predicted molar refractivity (Wildman–Crippen MR) is 78.6 cm³/mol. The van der Waals surface area contributed by atoms with Gasteiger partial charge in [-0.25, -0.2) is 4.79 Å². The van der Waals surface area contributed by atoms with Gasteiger partial charge in [0.15, 0.2) is 5.78 Å². The second-order valence-electron chi connectivity index (χ2n) is 4.58. The molecule has 21 heavy (non-hydrogen) atoms. The second-order valence-corrected chi connectivity index (χ2v) is 4.58. The molecule has 0 aromatic heterocycles. The summed E-state index contributed by atoms with van der Waals surface area (Å²) in [6.45, 7) is 1.68. The van der Waals surface area contributed by atoms with Crippen molar-refractivity contribution < 1.29 is 19.1 Å². The van der Waals surface area contributed by atoms with Crippen LogP contribution in [-0.4, -0.2) is 25.5 Å². The summed E-state index contributed by atoms with van der Waals surface area (Å²) in [6, 6.07) is 14.0. The maximum Gasteiger partial charge on any atom is 0.337 e. The highest BCUT2D eigenvalue weighted by molar-refractivity contribution is 6.09. The average Bonchev–Trinajstić information content (AvgIpc) is 2.50. The maximum absolute atomic E-state index is 12.3. The van der Waals surface area contributed by atoms with Gasteiger partial charge in [-0.3, -0.25) is 4.79 Å². The molecule has 0 radical (unpaired) electrons. The van der Waals surface area contributed by atoms with Gasteiger partial charge >= 0.3 is 5.97 Å². The smallest absolute Gasteiger partial charge is 0.337 e. The van der Waals surface area contributed by atoms with Crippen molar-refractivity contribution in [1.29, 1.82) is 0 Å². The van der Waals surface area contributed by atoms with Crippen LogP contribution in [0.15, 0.2) is 48.5 Å². The summed E-state index contributed by atoms with van der Waals surface area (Å²) in [5.41, 5.74) is 1.91. The lowest BCUT2D eigenvalue weighted by molar-refractivity contribution is -0.138. The Morgan fingerprint density at radius 2 is 1.71 bits per heavy atom. The molecule has 0 spiro atoms. The summed E-state index contributed by atoms with van der Waals surface area (Å²) in [5, 5.41) is 0. The number of rotatable bonds is 5. The molecule has 0 heterocycles. The Bertz CT molecular complexity index is 647. The molecule has 0 saturated heterocycles. The van der Waals surface area contributed by atoms with Gasteiger partial charge in [0.2, 0.25) is 0 Å². The highest BCUT2D eigenvalue weighted by Crippen LogP contribution is 2.21. The van der Waals surface area contributed by atoms with Crippen LogP contribution in [0.25, 0.3) is 0 Å². The highest BCUT2D eigenvalue weighted by Gasteiger charge is 2.12. The Morgan fingerprint density at radius 3 is 2.33 bits per heavy atom. The van der Waals surface area contributed by atoms with E-state index in [1.54, 1.807) is 37.3 Å². The topological polar surface area (TPSA) is 52.6 Å². The fourth-order valence-corrected chi connectivity index (χ4v) is 1.93. The first-order valence-corrected chi connectivity index (χ1v) is 6.52. The molecule has 2 aromatic rings. The van der Waals surface area contributed by atoms with Gasteiger partial charge in [0, 0.05) is 18.2 Å². The summed E-state index contributed by atoms with van der Waals surface area (Å²) in [4.78, 5) is 23.7. The summed E-state index contributed by atoms with van der Waals surface area (Å²) >= 11 is 0. The largest absolute Gasteiger partial charge is 0.425 e. The van der Waals surface area contributed by atoms with E-state index in [2.05, 4.69) is 0 Å². The van der Waals surface area contributed by atoms with E-state index in [9.17, 15) is 9.59 Å². The molecule has 0 bridgehead atoms. The molecule has 4 nitrogen and oxygen atoms in total. The van der Waals surface area contributed by atoms with Crippen molar-refractivity contribution in [3.05, 3.63) is 65.2 Å². The first-order chi connectivity index (χ1) is 10.1. The number of esters is 1. The van der Waals surface area contributed by atoms with Crippen LogP contribution in [0.2, 0.25) is 0 Å². The van der Waals surface area contributed by atoms with Crippen molar-refractivity contribution in [2.75, 3.05) is 13.7 Å². The molecule has 0 amide bonds. The number of hydrogen-bond donors (Lipinski definition) is 0. The monoisotopic (exact) mass is 284 g/mol. The van der Waals surface area contributed by atoms with E-state index in [4.69, 9.17) is 9.47 Å². The Balaban J connectivity index is 2.19. The van der Waals surface area contributed by atoms with Crippen LogP contribution in [0.3, 0.4) is 0 Å². The summed E-state index contributed by atoms with van der Waals surface area (Å²) in [7, 11) is 1.43. The summed E-state index contributed by atoms with van der Waals surface area (Å²) in [5.74, 6) is -0.0992. The molecule has 0 atom stereocenters. The standard InChI is InChI=1S/C17H16O4/c1-12-10-14(17(19)13-6-4-3-5-7-13)8-9-15(12)21-16(18)11-20-2/h3-10H,11H2,1-2H3. The van der Waals surface area contributed by atoms with E-state index in [-0.39, 0.29) is 12.4 Å². The highest BCUT2D eigenvalue weighted by atomic mass is 16.6. The molecule has 0 aliphatic heterocycles. The fraction of sp³-hybridized carbons (Fsp3) is 0.176. The normalized spacial score (nSPS) is 10.2. The van der Waals surface area contributed by atoms with Crippen LogP contribution >= 0.6 is 0 Å². The Kier molecular flexibility index (Phi) is 4.85. The third-order valence-corrected chi connectivity index (χ3v) is 2.96. The van der Waals surface area contributed by atoms with Crippen molar-refractivity contribution in [2.45, 2.75) is 6.92 Å². The summed E-state index contributed by atoms with van der Waals surface area (Å²) < 4.78 is 9.86. The minimum absolute atomic E-state index is 0.0616. The quantitative estimate of drug-likeness (QED) is 0.481. The molecule has 0 unspecified atom stereocenters. The fourth-order valence-electron chi connectivity index (χ4n) is 1.93. The third kappa shape index (κ3) is 3.77. The SMILES string of the molecule is COCC(=O)Oc1ccc(C(=O)c2ccccc2)cc1C. The van der Waals surface area contributed by atoms with Gasteiger partial charge in [-0.15, -0.1) is 0 Å². The molecular formula is C17H16O4. The van der Waals surface area contributed by atoms with E-state index < -0.39 is 5.97 Å². The van der Waals surface area contributed by atoms with Crippen LogP contribution in [0.5, 0.6) is 5.75 Å². The number of aryl methyl sites for hydroxylation is 1. The first-order valence-electron chi connectivity index (χ1n) is 6.52. The van der Waals surface area contributed by atoms with Gasteiger partial charge in [-0.05, 0) is 30.7 Å². The zero-order valence-corrected chi connectivity index (χ0v) is 12.0. The molecule has 0 fully saturated rings. The minimum Gasteiger partial charge on any atom is -0.425 e. The third-order valence-electron chi connectivity index (χ3n) is 2.96. The van der Waals surface area contributed by atoms with Crippen molar-refractivity contribution in [3.8, 4) is 5.75 Å². The first kappa shape index (κ1) is 14.9. The van der Waals surface area contributed by atoms with E-state index >= 15 is 0 Å². The van der Waals surface area contributed by atoms with Crippen molar-refractivity contribution >= 4 is 11.8 Å². The zero-order valence-electron chi connectivity index (χ0n) is 12.0. The van der Waals surface area contributed by atoms with Crippen LogP contribution in [-0.2, 0) is 9.53 Å². The number of hydrogen-bond acceptors (Lipinski definition) is 4. The maximum atomic E-state index is 12.3. The lowest BCUT2D eigenvalue weighted by Gasteiger charge is -2.08. The van der Waals surface area contributed by atoms with E-state index in [0.29, 0.717) is 16.9 Å². The number of carbonyl (C=O) groups excluding carboxylic acids is 2. The van der Waals surface area contributed by atoms with E-state index in [1.807, 2.05) is 18.2 Å². The van der Waals surface area contributed by atoms with Crippen LogP contribution in [0.1, 0.15) is 21.5 Å². The minimum atomic E-state index is -0.470. The molecular weight excluding hydrogens is 268 g/mol. The van der Waals surface area contributed by atoms with Gasteiger partial charge in [0.1, 0.15) is 12.4 Å². The van der Waals surface area contributed by atoms with Crippen molar-refractivity contribution in [2.24, 2.45) is 0 Å². The zero-order chi connectivity index (χ0) is 15.2.